The minimum absolute atomic E-state index is 0.0357. The Kier molecular flexibility index (Phi) is 7.97. The van der Waals surface area contributed by atoms with E-state index in [0.29, 0.717) is 11.1 Å². The van der Waals surface area contributed by atoms with Crippen molar-refractivity contribution in [2.75, 3.05) is 26.7 Å². The lowest BCUT2D eigenvalue weighted by Gasteiger charge is -2.37. The summed E-state index contributed by atoms with van der Waals surface area (Å²) in [6.45, 7) is 4.99. The summed E-state index contributed by atoms with van der Waals surface area (Å²) in [7, 11) is -2.32. The number of benzene rings is 2. The number of nitrogens with zero attached hydrogens (tertiary/aromatic N) is 2. The summed E-state index contributed by atoms with van der Waals surface area (Å²) < 4.78 is 47.9. The summed E-state index contributed by atoms with van der Waals surface area (Å²) in [6, 6.07) is 9.77. The predicted octanol–water partition coefficient (Wildman–Crippen LogP) is 2.47. The molecule has 0 aliphatic carbocycles. The van der Waals surface area contributed by atoms with Gasteiger partial charge in [-0.05, 0) is 43.3 Å². The van der Waals surface area contributed by atoms with Crippen molar-refractivity contribution < 1.29 is 27.4 Å². The number of likely N-dealkylation sites (N-methyl/N-ethyl adjacent to an activating group) is 1. The first-order valence-electron chi connectivity index (χ1n) is 11.0. The first kappa shape index (κ1) is 25.7. The first-order valence-corrected chi connectivity index (χ1v) is 12.4. The molecule has 1 heterocycles. The average Bonchev–Trinajstić information content (AvgIpc) is 2.79. The predicted molar refractivity (Wildman–Crippen MR) is 126 cm³/mol. The van der Waals surface area contributed by atoms with Gasteiger partial charge in [-0.3, -0.25) is 4.79 Å². The quantitative estimate of drug-likeness (QED) is 0.669. The fraction of sp³-hybridized carbons (Fsp3) is 0.400. The van der Waals surface area contributed by atoms with Crippen LogP contribution < -0.4 is 4.74 Å². The number of aliphatic hydroxyl groups excluding tert-OH is 1. The smallest absolute Gasteiger partial charge is 0.247 e. The number of ether oxygens (including phenoxy) is 1. The molecule has 0 bridgehead atoms. The molecular formula is C25H29FN2O5S. The van der Waals surface area contributed by atoms with E-state index in [9.17, 15) is 22.7 Å². The SMILES string of the molecule is CC(=O)N(C)C[C@@H]1Oc2cc(C#Cc3cccc(F)c3)ccc2S(=O)(=O)N([C@H](C)CO)C[C@H]1C. The lowest BCUT2D eigenvalue weighted by atomic mass is 10.0. The van der Waals surface area contributed by atoms with E-state index in [1.54, 1.807) is 38.2 Å². The van der Waals surface area contributed by atoms with E-state index in [0.717, 1.165) is 0 Å². The zero-order valence-electron chi connectivity index (χ0n) is 19.7. The number of hydrogen-bond acceptors (Lipinski definition) is 5. The van der Waals surface area contributed by atoms with Crippen LogP contribution in [0.3, 0.4) is 0 Å². The topological polar surface area (TPSA) is 87.2 Å². The van der Waals surface area contributed by atoms with Gasteiger partial charge in [-0.15, -0.1) is 0 Å². The molecule has 2 aromatic carbocycles. The van der Waals surface area contributed by atoms with E-state index in [-0.39, 0.29) is 42.2 Å². The maximum atomic E-state index is 13.5. The van der Waals surface area contributed by atoms with Crippen LogP contribution in [0.1, 0.15) is 31.9 Å². The minimum atomic E-state index is -3.97. The number of rotatable bonds is 4. The molecule has 3 rings (SSSR count). The Bertz CT molecular complexity index is 1220. The van der Waals surface area contributed by atoms with Crippen molar-refractivity contribution in [1.82, 2.24) is 9.21 Å². The first-order chi connectivity index (χ1) is 16.0. The third-order valence-corrected chi connectivity index (χ3v) is 7.85. The van der Waals surface area contributed by atoms with Gasteiger partial charge in [0, 0.05) is 43.6 Å². The van der Waals surface area contributed by atoms with Gasteiger partial charge in [-0.25, -0.2) is 12.8 Å². The number of aliphatic hydroxyl groups is 1. The Hall–Kier alpha value is -2.93. The third-order valence-electron chi connectivity index (χ3n) is 5.83. The third kappa shape index (κ3) is 5.76. The van der Waals surface area contributed by atoms with Crippen LogP contribution in [0, 0.1) is 23.6 Å². The van der Waals surface area contributed by atoms with E-state index < -0.39 is 28.0 Å². The van der Waals surface area contributed by atoms with Gasteiger partial charge in [0.2, 0.25) is 15.9 Å². The molecule has 34 heavy (non-hydrogen) atoms. The Morgan fingerprint density at radius 1 is 1.26 bits per heavy atom. The molecule has 182 valence electrons. The molecule has 0 spiro atoms. The van der Waals surface area contributed by atoms with Crippen molar-refractivity contribution >= 4 is 15.9 Å². The molecule has 2 aromatic rings. The van der Waals surface area contributed by atoms with E-state index in [2.05, 4.69) is 11.8 Å². The Morgan fingerprint density at radius 3 is 2.56 bits per heavy atom. The highest BCUT2D eigenvalue weighted by molar-refractivity contribution is 7.89. The van der Waals surface area contributed by atoms with Gasteiger partial charge in [0.25, 0.3) is 0 Å². The Labute approximate surface area is 200 Å². The molecular weight excluding hydrogens is 459 g/mol. The zero-order valence-corrected chi connectivity index (χ0v) is 20.5. The van der Waals surface area contributed by atoms with Crippen molar-refractivity contribution in [2.45, 2.75) is 37.8 Å². The summed E-state index contributed by atoms with van der Waals surface area (Å²) in [5.74, 6) is 5.10. The van der Waals surface area contributed by atoms with Gasteiger partial charge in [0.05, 0.1) is 13.2 Å². The molecule has 0 aromatic heterocycles. The molecule has 0 saturated carbocycles. The molecule has 1 aliphatic rings. The molecule has 3 atom stereocenters. The van der Waals surface area contributed by atoms with Crippen molar-refractivity contribution in [3.05, 3.63) is 59.4 Å². The standard InChI is InChI=1S/C25H29FN2O5S/c1-17-14-28(18(2)16-29)34(31,32)25-11-10-21(9-8-20-6-5-7-22(26)12-20)13-23(25)33-24(17)15-27(4)19(3)30/h5-7,10-13,17-18,24,29H,14-16H2,1-4H3/t17-,18-,24+/m1/s1. The van der Waals surface area contributed by atoms with Crippen LogP contribution in [0.25, 0.3) is 0 Å². The lowest BCUT2D eigenvalue weighted by Crippen LogP contribution is -2.50. The van der Waals surface area contributed by atoms with Gasteiger partial charge >= 0.3 is 0 Å². The molecule has 0 fully saturated rings. The van der Waals surface area contributed by atoms with Crippen LogP contribution in [0.5, 0.6) is 5.75 Å². The molecule has 7 nitrogen and oxygen atoms in total. The highest BCUT2D eigenvalue weighted by atomic mass is 32.2. The summed E-state index contributed by atoms with van der Waals surface area (Å²) >= 11 is 0. The molecule has 1 N–H and O–H groups in total. The number of carbonyl (C=O) groups is 1. The molecule has 9 heteroatoms. The molecule has 0 saturated heterocycles. The van der Waals surface area contributed by atoms with Crippen LogP contribution in [-0.2, 0) is 14.8 Å². The van der Waals surface area contributed by atoms with Crippen LogP contribution in [0.4, 0.5) is 4.39 Å². The van der Waals surface area contributed by atoms with E-state index in [1.165, 1.54) is 34.3 Å². The number of fused-ring (bicyclic) bond motifs is 1. The number of halogens is 1. The number of hydrogen-bond donors (Lipinski definition) is 1. The van der Waals surface area contributed by atoms with Gasteiger partial charge in [-0.2, -0.15) is 4.31 Å². The summed E-state index contributed by atoms with van der Waals surface area (Å²) in [4.78, 5) is 13.3. The normalized spacial score (nSPS) is 20.5. The van der Waals surface area contributed by atoms with E-state index in [4.69, 9.17) is 4.74 Å². The molecule has 1 amide bonds. The summed E-state index contributed by atoms with van der Waals surface area (Å²) in [5, 5.41) is 9.71. The molecule has 0 unspecified atom stereocenters. The number of amides is 1. The van der Waals surface area contributed by atoms with Crippen LogP contribution >= 0.6 is 0 Å². The van der Waals surface area contributed by atoms with Crippen molar-refractivity contribution in [1.29, 1.82) is 0 Å². The monoisotopic (exact) mass is 488 g/mol. The fourth-order valence-electron chi connectivity index (χ4n) is 3.63. The van der Waals surface area contributed by atoms with Crippen LogP contribution in [-0.4, -0.2) is 67.5 Å². The van der Waals surface area contributed by atoms with E-state index >= 15 is 0 Å². The lowest BCUT2D eigenvalue weighted by molar-refractivity contribution is -0.129. The largest absolute Gasteiger partial charge is 0.487 e. The van der Waals surface area contributed by atoms with Crippen LogP contribution in [0.15, 0.2) is 47.4 Å². The highest BCUT2D eigenvalue weighted by Crippen LogP contribution is 2.34. The number of sulfonamides is 1. The second-order valence-electron chi connectivity index (χ2n) is 8.56. The maximum absolute atomic E-state index is 13.5. The second kappa shape index (κ2) is 10.6. The minimum Gasteiger partial charge on any atom is -0.487 e. The Morgan fingerprint density at radius 2 is 1.94 bits per heavy atom. The summed E-state index contributed by atoms with van der Waals surface area (Å²) in [6.07, 6.45) is -0.497. The zero-order chi connectivity index (χ0) is 25.0. The summed E-state index contributed by atoms with van der Waals surface area (Å²) in [5.41, 5.74) is 0.977. The fourth-order valence-corrected chi connectivity index (χ4v) is 5.46. The highest BCUT2D eigenvalue weighted by Gasteiger charge is 2.38. The van der Waals surface area contributed by atoms with Crippen molar-refractivity contribution in [3.8, 4) is 17.6 Å². The van der Waals surface area contributed by atoms with Gasteiger partial charge in [-0.1, -0.05) is 24.8 Å². The van der Waals surface area contributed by atoms with Crippen LogP contribution in [0.2, 0.25) is 0 Å². The molecule has 0 radical (unpaired) electrons. The molecule has 1 aliphatic heterocycles. The van der Waals surface area contributed by atoms with Crippen molar-refractivity contribution in [2.24, 2.45) is 5.92 Å². The van der Waals surface area contributed by atoms with Crippen molar-refractivity contribution in [3.63, 3.8) is 0 Å². The average molecular weight is 489 g/mol. The van der Waals surface area contributed by atoms with E-state index in [1.807, 2.05) is 6.92 Å². The van der Waals surface area contributed by atoms with Gasteiger partial charge in [0.15, 0.2) is 0 Å². The second-order valence-corrected chi connectivity index (χ2v) is 10.4. The number of carbonyl (C=O) groups excluding carboxylic acids is 1. The van der Waals surface area contributed by atoms with Gasteiger partial charge < -0.3 is 14.7 Å². The maximum Gasteiger partial charge on any atom is 0.247 e. The Balaban J connectivity index is 2.08. The van der Waals surface area contributed by atoms with Gasteiger partial charge in [0.1, 0.15) is 22.6 Å².